The summed E-state index contributed by atoms with van der Waals surface area (Å²) in [5.74, 6) is -0.0309. The molecule has 2 aromatic carbocycles. The number of ether oxygens (including phenoxy) is 1. The van der Waals surface area contributed by atoms with E-state index in [1.165, 1.54) is 20.2 Å². The second-order valence-corrected chi connectivity index (χ2v) is 6.32. The number of nitrogen functional groups attached to an aromatic ring is 1. The maximum Gasteiger partial charge on any atom is 0.264 e. The highest BCUT2D eigenvalue weighted by atomic mass is 32.2. The normalized spacial score (nSPS) is 11.2. The van der Waals surface area contributed by atoms with Crippen LogP contribution in [0.3, 0.4) is 0 Å². The molecule has 21 heavy (non-hydrogen) atoms. The molecule has 0 bridgehead atoms. The first kappa shape index (κ1) is 15.1. The molecule has 2 aromatic rings. The zero-order chi connectivity index (χ0) is 15.6. The first-order valence-electron chi connectivity index (χ1n) is 6.04. The Morgan fingerprint density at radius 1 is 1.14 bits per heavy atom. The average Bonchev–Trinajstić information content (AvgIpc) is 2.49. The molecular formula is C14H15FN2O3S. The zero-order valence-corrected chi connectivity index (χ0v) is 12.4. The topological polar surface area (TPSA) is 72.6 Å². The molecule has 0 aliphatic heterocycles. The summed E-state index contributed by atoms with van der Waals surface area (Å²) in [6.45, 7) is 0. The van der Waals surface area contributed by atoms with Crippen molar-refractivity contribution in [3.05, 3.63) is 48.3 Å². The Labute approximate surface area is 122 Å². The maximum atomic E-state index is 13.1. The Morgan fingerprint density at radius 2 is 1.76 bits per heavy atom. The third-order valence-corrected chi connectivity index (χ3v) is 4.84. The van der Waals surface area contributed by atoms with Crippen LogP contribution in [0, 0.1) is 5.82 Å². The molecule has 0 saturated carbocycles. The lowest BCUT2D eigenvalue weighted by Gasteiger charge is -2.20. The molecule has 0 aromatic heterocycles. The molecular weight excluding hydrogens is 295 g/mol. The predicted octanol–water partition coefficient (Wildman–Crippen LogP) is 2.24. The summed E-state index contributed by atoms with van der Waals surface area (Å²) in [4.78, 5) is -0.0697. The quantitative estimate of drug-likeness (QED) is 0.879. The lowest BCUT2D eigenvalue weighted by molar-refractivity contribution is 0.415. The second-order valence-electron chi connectivity index (χ2n) is 4.35. The third-order valence-electron chi connectivity index (χ3n) is 3.06. The average molecular weight is 310 g/mol. The highest BCUT2D eigenvalue weighted by molar-refractivity contribution is 7.92. The van der Waals surface area contributed by atoms with Gasteiger partial charge in [-0.05, 0) is 42.5 Å². The van der Waals surface area contributed by atoms with Gasteiger partial charge in [0.2, 0.25) is 0 Å². The molecule has 112 valence electrons. The van der Waals surface area contributed by atoms with Crippen LogP contribution < -0.4 is 14.8 Å². The van der Waals surface area contributed by atoms with Crippen LogP contribution in [0.25, 0.3) is 0 Å². The van der Waals surface area contributed by atoms with Crippen molar-refractivity contribution in [1.82, 2.24) is 0 Å². The van der Waals surface area contributed by atoms with Crippen molar-refractivity contribution < 1.29 is 17.5 Å². The van der Waals surface area contributed by atoms with Crippen LogP contribution in [0.1, 0.15) is 0 Å². The van der Waals surface area contributed by atoms with Gasteiger partial charge in [0.05, 0.1) is 23.4 Å². The molecule has 0 fully saturated rings. The first-order chi connectivity index (χ1) is 9.86. The Hall–Kier alpha value is -2.28. The molecule has 0 saturated heterocycles. The van der Waals surface area contributed by atoms with Crippen LogP contribution in [0.5, 0.6) is 5.75 Å². The number of benzene rings is 2. The van der Waals surface area contributed by atoms with Crippen LogP contribution in [0.4, 0.5) is 15.8 Å². The molecule has 0 heterocycles. The molecule has 7 heteroatoms. The first-order valence-corrected chi connectivity index (χ1v) is 7.48. The maximum absolute atomic E-state index is 13.1. The van der Waals surface area contributed by atoms with Gasteiger partial charge in [0.25, 0.3) is 10.0 Å². The van der Waals surface area contributed by atoms with Crippen molar-refractivity contribution in [2.24, 2.45) is 0 Å². The molecule has 2 rings (SSSR count). The van der Waals surface area contributed by atoms with E-state index in [0.717, 1.165) is 16.4 Å². The van der Waals surface area contributed by atoms with Gasteiger partial charge in [0.15, 0.2) is 0 Å². The summed E-state index contributed by atoms with van der Waals surface area (Å²) < 4.78 is 44.2. The fourth-order valence-electron chi connectivity index (χ4n) is 1.77. The van der Waals surface area contributed by atoms with Gasteiger partial charge in [0, 0.05) is 7.05 Å². The molecule has 5 nitrogen and oxygen atoms in total. The molecule has 0 aliphatic rings. The number of hydrogen-bond acceptors (Lipinski definition) is 4. The van der Waals surface area contributed by atoms with Crippen molar-refractivity contribution >= 4 is 21.4 Å². The molecule has 0 unspecified atom stereocenters. The molecule has 0 radical (unpaired) electrons. The van der Waals surface area contributed by atoms with Gasteiger partial charge >= 0.3 is 0 Å². The van der Waals surface area contributed by atoms with E-state index < -0.39 is 15.8 Å². The number of rotatable bonds is 4. The molecule has 0 aliphatic carbocycles. The van der Waals surface area contributed by atoms with E-state index in [-0.39, 0.29) is 10.6 Å². The van der Waals surface area contributed by atoms with Crippen LogP contribution >= 0.6 is 0 Å². The minimum atomic E-state index is -3.81. The number of hydrogen-bond donors (Lipinski definition) is 1. The van der Waals surface area contributed by atoms with Crippen LogP contribution in [-0.4, -0.2) is 22.6 Å². The van der Waals surface area contributed by atoms with Gasteiger partial charge in [-0.15, -0.1) is 0 Å². The highest BCUT2D eigenvalue weighted by Gasteiger charge is 2.22. The number of nitrogens with two attached hydrogens (primary N) is 1. The van der Waals surface area contributed by atoms with E-state index in [1.807, 2.05) is 0 Å². The predicted molar refractivity (Wildman–Crippen MR) is 79.4 cm³/mol. The van der Waals surface area contributed by atoms with E-state index >= 15 is 0 Å². The van der Waals surface area contributed by atoms with E-state index in [9.17, 15) is 12.8 Å². The number of methoxy groups -OCH3 is 1. The number of sulfonamides is 1. The van der Waals surface area contributed by atoms with Crippen LogP contribution in [0.2, 0.25) is 0 Å². The molecule has 0 atom stereocenters. The summed E-state index contributed by atoms with van der Waals surface area (Å²) in [5.41, 5.74) is 5.67. The van der Waals surface area contributed by atoms with E-state index in [4.69, 9.17) is 10.5 Å². The van der Waals surface area contributed by atoms with Gasteiger partial charge in [-0.25, -0.2) is 12.8 Å². The van der Waals surface area contributed by atoms with Crippen LogP contribution in [-0.2, 0) is 10.0 Å². The largest absolute Gasteiger partial charge is 0.497 e. The molecule has 0 amide bonds. The highest BCUT2D eigenvalue weighted by Crippen LogP contribution is 2.25. The lowest BCUT2D eigenvalue weighted by atomic mass is 10.3. The van der Waals surface area contributed by atoms with Gasteiger partial charge in [-0.1, -0.05) is 0 Å². The summed E-state index contributed by atoms with van der Waals surface area (Å²) in [5, 5.41) is 0. The van der Waals surface area contributed by atoms with Gasteiger partial charge < -0.3 is 10.5 Å². The Morgan fingerprint density at radius 3 is 2.29 bits per heavy atom. The van der Waals surface area contributed by atoms with Gasteiger partial charge in [-0.2, -0.15) is 0 Å². The van der Waals surface area contributed by atoms with Gasteiger partial charge in [-0.3, -0.25) is 4.31 Å². The summed E-state index contributed by atoms with van der Waals surface area (Å²) in [6, 6.07) is 9.85. The van der Waals surface area contributed by atoms with E-state index in [1.54, 1.807) is 24.3 Å². The van der Waals surface area contributed by atoms with Crippen molar-refractivity contribution in [3.63, 3.8) is 0 Å². The minimum Gasteiger partial charge on any atom is -0.497 e. The second kappa shape index (κ2) is 5.61. The molecule has 2 N–H and O–H groups in total. The summed E-state index contributed by atoms with van der Waals surface area (Å²) >= 11 is 0. The van der Waals surface area contributed by atoms with E-state index in [0.29, 0.717) is 11.4 Å². The van der Waals surface area contributed by atoms with Gasteiger partial charge in [0.1, 0.15) is 11.6 Å². The fraction of sp³-hybridized carbons (Fsp3) is 0.143. The van der Waals surface area contributed by atoms with Crippen molar-refractivity contribution in [2.75, 3.05) is 24.2 Å². The SMILES string of the molecule is COc1ccc(N(C)S(=O)(=O)c2ccc(F)c(N)c2)cc1. The number of nitrogens with zero attached hydrogens (tertiary/aromatic N) is 1. The van der Waals surface area contributed by atoms with Crippen molar-refractivity contribution in [1.29, 1.82) is 0 Å². The lowest BCUT2D eigenvalue weighted by Crippen LogP contribution is -2.26. The smallest absolute Gasteiger partial charge is 0.264 e. The summed E-state index contributed by atoms with van der Waals surface area (Å²) in [7, 11) is -0.867. The van der Waals surface area contributed by atoms with Crippen LogP contribution in [0.15, 0.2) is 47.4 Å². The van der Waals surface area contributed by atoms with E-state index in [2.05, 4.69) is 0 Å². The fourth-order valence-corrected chi connectivity index (χ4v) is 3.00. The Balaban J connectivity index is 2.39. The number of halogens is 1. The summed E-state index contributed by atoms with van der Waals surface area (Å²) in [6.07, 6.45) is 0. The van der Waals surface area contributed by atoms with Crippen molar-refractivity contribution in [3.8, 4) is 5.75 Å². The monoisotopic (exact) mass is 310 g/mol. The minimum absolute atomic E-state index is 0.0697. The van der Waals surface area contributed by atoms with Crippen molar-refractivity contribution in [2.45, 2.75) is 4.90 Å². The standard InChI is InChI=1S/C14H15FN2O3S/c1-17(10-3-5-11(20-2)6-4-10)21(18,19)12-7-8-13(15)14(16)9-12/h3-9H,16H2,1-2H3. The molecule has 0 spiro atoms. The Bertz CT molecular complexity index is 745. The number of anilines is 2. The zero-order valence-electron chi connectivity index (χ0n) is 11.6. The third kappa shape index (κ3) is 2.92. The Kier molecular flexibility index (Phi) is 4.04.